The van der Waals surface area contributed by atoms with Crippen LogP contribution in [0.15, 0.2) is 66.7 Å². The molecule has 0 unspecified atom stereocenters. The van der Waals surface area contributed by atoms with Crippen LogP contribution in [0.1, 0.15) is 41.3 Å². The summed E-state index contributed by atoms with van der Waals surface area (Å²) in [4.78, 5) is 27.5. The van der Waals surface area contributed by atoms with Crippen molar-refractivity contribution in [1.29, 1.82) is 0 Å². The van der Waals surface area contributed by atoms with Gasteiger partial charge in [-0.3, -0.25) is 9.59 Å². The molecule has 7 nitrogen and oxygen atoms in total. The lowest BCUT2D eigenvalue weighted by atomic mass is 10.00. The van der Waals surface area contributed by atoms with Crippen molar-refractivity contribution in [3.05, 3.63) is 95.1 Å². The third-order valence-electron chi connectivity index (χ3n) is 6.69. The Morgan fingerprint density at radius 2 is 1.82 bits per heavy atom. The molecular weight excluding hydrogens is 502 g/mol. The van der Waals surface area contributed by atoms with Gasteiger partial charge in [-0.05, 0) is 61.2 Å². The normalized spacial score (nSPS) is 14.8. The van der Waals surface area contributed by atoms with Crippen molar-refractivity contribution in [2.45, 2.75) is 44.9 Å². The Kier molecular flexibility index (Phi) is 9.62. The number of amides is 2. The fourth-order valence-corrected chi connectivity index (χ4v) is 4.68. The zero-order valence-electron chi connectivity index (χ0n) is 21.9. The summed E-state index contributed by atoms with van der Waals surface area (Å²) in [6.07, 6.45) is 0.659. The van der Waals surface area contributed by atoms with Gasteiger partial charge in [-0.2, -0.15) is 0 Å². The van der Waals surface area contributed by atoms with E-state index in [-0.39, 0.29) is 24.9 Å². The molecule has 2 atom stereocenters. The summed E-state index contributed by atoms with van der Waals surface area (Å²) in [5.74, 6) is -2.19. The van der Waals surface area contributed by atoms with Gasteiger partial charge in [-0.1, -0.05) is 36.4 Å². The van der Waals surface area contributed by atoms with E-state index in [1.807, 2.05) is 43.3 Å². The summed E-state index contributed by atoms with van der Waals surface area (Å²) < 4.78 is 26.8. The summed E-state index contributed by atoms with van der Waals surface area (Å²) in [6.45, 7) is 3.54. The second kappa shape index (κ2) is 13.3. The molecule has 9 heteroatoms. The number of anilines is 2. The molecule has 3 aromatic rings. The van der Waals surface area contributed by atoms with Crippen molar-refractivity contribution < 1.29 is 23.5 Å². The SMILES string of the molecule is CCNc1cc(C(=O)N[C@@H](Cc2ccccc2)[C@H](O)CNCc2ccc(F)c(F)c2)cc(N2CCCC2=O)c1. The number of rotatable bonds is 12. The zero-order valence-corrected chi connectivity index (χ0v) is 21.9. The van der Waals surface area contributed by atoms with Crippen LogP contribution in [0.25, 0.3) is 0 Å². The molecule has 0 saturated carbocycles. The number of benzene rings is 3. The highest BCUT2D eigenvalue weighted by Crippen LogP contribution is 2.27. The van der Waals surface area contributed by atoms with Crippen molar-refractivity contribution >= 4 is 23.2 Å². The maximum Gasteiger partial charge on any atom is 0.251 e. The average Bonchev–Trinajstić information content (AvgIpc) is 3.36. The lowest BCUT2D eigenvalue weighted by Crippen LogP contribution is -2.48. The molecule has 1 aliphatic rings. The first-order valence-corrected chi connectivity index (χ1v) is 13.2. The number of hydrogen-bond acceptors (Lipinski definition) is 5. The molecule has 4 N–H and O–H groups in total. The molecular formula is C30H34F2N4O3. The third kappa shape index (κ3) is 7.61. The van der Waals surface area contributed by atoms with Gasteiger partial charge < -0.3 is 26.0 Å². The monoisotopic (exact) mass is 536 g/mol. The minimum absolute atomic E-state index is 0.0273. The summed E-state index contributed by atoms with van der Waals surface area (Å²) in [5, 5.41) is 20.3. The minimum Gasteiger partial charge on any atom is -0.390 e. The van der Waals surface area contributed by atoms with Crippen molar-refractivity contribution in [1.82, 2.24) is 10.6 Å². The summed E-state index contributed by atoms with van der Waals surface area (Å²) >= 11 is 0. The van der Waals surface area contributed by atoms with Crippen molar-refractivity contribution in [2.24, 2.45) is 0 Å². The fraction of sp³-hybridized carbons (Fsp3) is 0.333. The molecule has 0 aromatic heterocycles. The largest absolute Gasteiger partial charge is 0.390 e. The smallest absolute Gasteiger partial charge is 0.251 e. The molecule has 3 aromatic carbocycles. The Hall–Kier alpha value is -3.82. The predicted octanol–water partition coefficient (Wildman–Crippen LogP) is 4.02. The van der Waals surface area contributed by atoms with Crippen LogP contribution in [0.5, 0.6) is 0 Å². The van der Waals surface area contributed by atoms with Gasteiger partial charge in [0, 0.05) is 49.5 Å². The summed E-state index contributed by atoms with van der Waals surface area (Å²) in [6, 6.07) is 17.8. The van der Waals surface area contributed by atoms with Crippen LogP contribution in [0.4, 0.5) is 20.2 Å². The van der Waals surface area contributed by atoms with Gasteiger partial charge in [0.1, 0.15) is 0 Å². The number of carbonyl (C=O) groups excluding carboxylic acids is 2. The number of aliphatic hydroxyl groups excluding tert-OH is 1. The third-order valence-corrected chi connectivity index (χ3v) is 6.69. The highest BCUT2D eigenvalue weighted by Gasteiger charge is 2.25. The molecule has 0 radical (unpaired) electrons. The topological polar surface area (TPSA) is 93.7 Å². The number of hydrogen-bond donors (Lipinski definition) is 4. The molecule has 39 heavy (non-hydrogen) atoms. The quantitative estimate of drug-likeness (QED) is 0.281. The van der Waals surface area contributed by atoms with Gasteiger partial charge in [-0.15, -0.1) is 0 Å². The Labute approximate surface area is 227 Å². The Balaban J connectivity index is 1.50. The van der Waals surface area contributed by atoms with E-state index in [2.05, 4.69) is 16.0 Å². The average molecular weight is 537 g/mol. The van der Waals surface area contributed by atoms with Gasteiger partial charge in [0.15, 0.2) is 11.6 Å². The van der Waals surface area contributed by atoms with Crippen LogP contribution in [-0.2, 0) is 17.8 Å². The van der Waals surface area contributed by atoms with E-state index in [4.69, 9.17) is 0 Å². The minimum atomic E-state index is -0.976. The van der Waals surface area contributed by atoms with Crippen LogP contribution in [0, 0.1) is 11.6 Å². The van der Waals surface area contributed by atoms with Crippen LogP contribution in [0.3, 0.4) is 0 Å². The fourth-order valence-electron chi connectivity index (χ4n) is 4.68. The van der Waals surface area contributed by atoms with Crippen molar-refractivity contribution in [3.8, 4) is 0 Å². The van der Waals surface area contributed by atoms with Gasteiger partial charge in [-0.25, -0.2) is 8.78 Å². The number of halogens is 2. The van der Waals surface area contributed by atoms with Gasteiger partial charge >= 0.3 is 0 Å². The first kappa shape index (κ1) is 28.2. The molecule has 1 heterocycles. The molecule has 1 aliphatic heterocycles. The highest BCUT2D eigenvalue weighted by molar-refractivity contribution is 6.00. The first-order valence-electron chi connectivity index (χ1n) is 13.2. The van der Waals surface area contributed by atoms with Crippen LogP contribution < -0.4 is 20.9 Å². The number of nitrogens with one attached hydrogen (secondary N) is 3. The highest BCUT2D eigenvalue weighted by atomic mass is 19.2. The molecule has 1 saturated heterocycles. The molecule has 0 bridgehead atoms. The molecule has 0 spiro atoms. The first-order chi connectivity index (χ1) is 18.8. The van der Waals surface area contributed by atoms with Crippen molar-refractivity contribution in [2.75, 3.05) is 29.9 Å². The molecule has 1 fully saturated rings. The van der Waals surface area contributed by atoms with Crippen molar-refractivity contribution in [3.63, 3.8) is 0 Å². The zero-order chi connectivity index (χ0) is 27.8. The molecule has 206 valence electrons. The summed E-state index contributed by atoms with van der Waals surface area (Å²) in [5.41, 5.74) is 3.24. The van der Waals surface area contributed by atoms with E-state index in [1.165, 1.54) is 6.07 Å². The number of carbonyl (C=O) groups is 2. The van der Waals surface area contributed by atoms with E-state index in [9.17, 15) is 23.5 Å². The second-order valence-electron chi connectivity index (χ2n) is 9.66. The summed E-state index contributed by atoms with van der Waals surface area (Å²) in [7, 11) is 0. The lowest BCUT2D eigenvalue weighted by Gasteiger charge is -2.25. The van der Waals surface area contributed by atoms with Gasteiger partial charge in [0.05, 0.1) is 12.1 Å². The molecule has 2 amide bonds. The molecule has 4 rings (SSSR count). The maximum atomic E-state index is 13.5. The Bertz CT molecular complexity index is 1290. The van der Waals surface area contributed by atoms with E-state index in [0.29, 0.717) is 42.7 Å². The maximum absolute atomic E-state index is 13.5. The predicted molar refractivity (Wildman–Crippen MR) is 148 cm³/mol. The van der Waals surface area contributed by atoms with E-state index >= 15 is 0 Å². The van der Waals surface area contributed by atoms with E-state index in [1.54, 1.807) is 17.0 Å². The van der Waals surface area contributed by atoms with Crippen LogP contribution in [0.2, 0.25) is 0 Å². The number of nitrogens with zero attached hydrogens (tertiary/aromatic N) is 1. The standard InChI is InChI=1S/C30H34F2N4O3/c1-2-34-23-15-22(16-24(17-23)36-12-6-9-29(36)38)30(39)35-27(14-20-7-4-3-5-8-20)28(37)19-33-18-21-10-11-25(31)26(32)13-21/h3-5,7-8,10-11,13,15-17,27-28,33-34,37H,2,6,9,12,14,18-19H2,1H3,(H,35,39)/t27-,28+/m0/s1. The van der Waals surface area contributed by atoms with Crippen LogP contribution in [-0.4, -0.2) is 48.7 Å². The molecule has 0 aliphatic carbocycles. The lowest BCUT2D eigenvalue weighted by molar-refractivity contribution is -0.117. The number of aliphatic hydroxyl groups is 1. The van der Waals surface area contributed by atoms with Crippen LogP contribution >= 0.6 is 0 Å². The Morgan fingerprint density at radius 3 is 2.51 bits per heavy atom. The second-order valence-corrected chi connectivity index (χ2v) is 9.66. The Morgan fingerprint density at radius 1 is 1.03 bits per heavy atom. The van der Waals surface area contributed by atoms with E-state index in [0.717, 1.165) is 29.8 Å². The van der Waals surface area contributed by atoms with Gasteiger partial charge in [0.2, 0.25) is 5.91 Å². The van der Waals surface area contributed by atoms with E-state index < -0.39 is 23.8 Å². The van der Waals surface area contributed by atoms with Gasteiger partial charge in [0.25, 0.3) is 5.91 Å².